The maximum Gasteiger partial charge on any atom is 0.119 e. The molecule has 0 fully saturated rings. The normalized spacial score (nSPS) is 10.9. The summed E-state index contributed by atoms with van der Waals surface area (Å²) in [5.41, 5.74) is 2.54. The van der Waals surface area contributed by atoms with Crippen molar-refractivity contribution < 1.29 is 4.74 Å². The Balaban J connectivity index is 2.10. The quantitative estimate of drug-likeness (QED) is 0.707. The third-order valence-electron chi connectivity index (χ3n) is 2.84. The van der Waals surface area contributed by atoms with Gasteiger partial charge in [0.2, 0.25) is 0 Å². The predicted molar refractivity (Wildman–Crippen MR) is 78.4 cm³/mol. The lowest BCUT2D eigenvalue weighted by atomic mass is 10.1. The zero-order valence-electron chi connectivity index (χ0n) is 12.3. The minimum Gasteiger partial charge on any atom is -0.494 e. The maximum absolute atomic E-state index is 5.77. The molecule has 0 aliphatic carbocycles. The molecule has 2 nitrogen and oxygen atoms in total. The summed E-state index contributed by atoms with van der Waals surface area (Å²) >= 11 is 0. The average molecular weight is 249 g/mol. The lowest BCUT2D eigenvalue weighted by Gasteiger charge is -2.09. The predicted octanol–water partition coefficient (Wildman–Crippen LogP) is 3.85. The van der Waals surface area contributed by atoms with E-state index in [0.29, 0.717) is 6.04 Å². The van der Waals surface area contributed by atoms with Crippen LogP contribution in [-0.2, 0) is 0 Å². The molecule has 0 aliphatic rings. The molecule has 0 radical (unpaired) electrons. The summed E-state index contributed by atoms with van der Waals surface area (Å²) < 4.78 is 5.77. The summed E-state index contributed by atoms with van der Waals surface area (Å²) in [7, 11) is 0. The van der Waals surface area contributed by atoms with Gasteiger partial charge >= 0.3 is 0 Å². The Hall–Kier alpha value is -1.02. The van der Waals surface area contributed by atoms with E-state index in [1.54, 1.807) is 0 Å². The van der Waals surface area contributed by atoms with Crippen LogP contribution in [0.1, 0.15) is 44.2 Å². The molecule has 0 spiro atoms. The highest BCUT2D eigenvalue weighted by molar-refractivity contribution is 5.32. The second-order valence-electron chi connectivity index (χ2n) is 5.34. The Bertz CT molecular complexity index is 327. The molecule has 18 heavy (non-hydrogen) atoms. The van der Waals surface area contributed by atoms with Gasteiger partial charge in [-0.1, -0.05) is 19.9 Å². The van der Waals surface area contributed by atoms with E-state index in [4.69, 9.17) is 4.74 Å². The van der Waals surface area contributed by atoms with Gasteiger partial charge in [-0.25, -0.2) is 0 Å². The largest absolute Gasteiger partial charge is 0.494 e. The molecular formula is C16H27NO. The molecule has 0 amide bonds. The minimum absolute atomic E-state index is 0.594. The van der Waals surface area contributed by atoms with Gasteiger partial charge in [0, 0.05) is 6.04 Å². The summed E-state index contributed by atoms with van der Waals surface area (Å²) in [4.78, 5) is 0. The monoisotopic (exact) mass is 249 g/mol. The number of aryl methyl sites for hydroxylation is 2. The third kappa shape index (κ3) is 6.65. The molecule has 1 rings (SSSR count). The Kier molecular flexibility index (Phi) is 6.81. The molecule has 0 bridgehead atoms. The number of ether oxygens (including phenoxy) is 1. The van der Waals surface area contributed by atoms with Crippen molar-refractivity contribution in [2.24, 2.45) is 0 Å². The van der Waals surface area contributed by atoms with Crippen LogP contribution in [0, 0.1) is 13.8 Å². The Morgan fingerprint density at radius 3 is 2.28 bits per heavy atom. The Labute approximate surface area is 112 Å². The number of rotatable bonds is 8. The van der Waals surface area contributed by atoms with Crippen LogP contribution in [0.5, 0.6) is 5.75 Å². The summed E-state index contributed by atoms with van der Waals surface area (Å²) in [6.45, 7) is 10.5. The van der Waals surface area contributed by atoms with E-state index >= 15 is 0 Å². The van der Waals surface area contributed by atoms with E-state index in [9.17, 15) is 0 Å². The van der Waals surface area contributed by atoms with Gasteiger partial charge in [0.05, 0.1) is 6.61 Å². The standard InChI is InChI=1S/C16H27NO/c1-13(2)17-8-6-5-7-9-18-16-11-14(3)10-15(4)12-16/h10-13,17H,5-9H2,1-4H3. The summed E-state index contributed by atoms with van der Waals surface area (Å²) in [5, 5.41) is 3.43. The molecule has 0 heterocycles. The van der Waals surface area contributed by atoms with E-state index in [-0.39, 0.29) is 0 Å². The number of benzene rings is 1. The summed E-state index contributed by atoms with van der Waals surface area (Å²) in [5.74, 6) is 1.01. The minimum atomic E-state index is 0.594. The number of unbranched alkanes of at least 4 members (excludes halogenated alkanes) is 2. The third-order valence-corrected chi connectivity index (χ3v) is 2.84. The zero-order chi connectivity index (χ0) is 13.4. The van der Waals surface area contributed by atoms with Crippen LogP contribution < -0.4 is 10.1 Å². The Morgan fingerprint density at radius 1 is 1.00 bits per heavy atom. The van der Waals surface area contributed by atoms with Crippen LogP contribution in [0.15, 0.2) is 18.2 Å². The van der Waals surface area contributed by atoms with E-state index in [0.717, 1.165) is 25.3 Å². The van der Waals surface area contributed by atoms with Crippen LogP contribution in [-0.4, -0.2) is 19.2 Å². The molecule has 0 saturated heterocycles. The summed E-state index contributed by atoms with van der Waals surface area (Å²) in [6.07, 6.45) is 3.59. The van der Waals surface area contributed by atoms with E-state index in [1.807, 2.05) is 0 Å². The van der Waals surface area contributed by atoms with Gasteiger partial charge in [-0.05, 0) is 62.9 Å². The molecule has 2 heteroatoms. The maximum atomic E-state index is 5.77. The van der Waals surface area contributed by atoms with Gasteiger partial charge < -0.3 is 10.1 Å². The first-order valence-corrected chi connectivity index (χ1v) is 7.02. The number of hydrogen-bond donors (Lipinski definition) is 1. The highest BCUT2D eigenvalue weighted by atomic mass is 16.5. The Morgan fingerprint density at radius 2 is 1.67 bits per heavy atom. The van der Waals surface area contributed by atoms with Crippen molar-refractivity contribution in [2.75, 3.05) is 13.2 Å². The molecule has 1 aromatic carbocycles. The van der Waals surface area contributed by atoms with Crippen molar-refractivity contribution in [1.82, 2.24) is 5.32 Å². The van der Waals surface area contributed by atoms with Crippen LogP contribution in [0.2, 0.25) is 0 Å². The zero-order valence-corrected chi connectivity index (χ0v) is 12.3. The first-order valence-electron chi connectivity index (χ1n) is 7.02. The van der Waals surface area contributed by atoms with Crippen LogP contribution in [0.3, 0.4) is 0 Å². The van der Waals surface area contributed by atoms with Crippen molar-refractivity contribution >= 4 is 0 Å². The van der Waals surface area contributed by atoms with Crippen molar-refractivity contribution in [3.8, 4) is 5.75 Å². The lowest BCUT2D eigenvalue weighted by molar-refractivity contribution is 0.304. The molecule has 0 aromatic heterocycles. The van der Waals surface area contributed by atoms with Crippen LogP contribution >= 0.6 is 0 Å². The van der Waals surface area contributed by atoms with E-state index in [1.165, 1.54) is 24.0 Å². The van der Waals surface area contributed by atoms with Gasteiger partial charge in [-0.15, -0.1) is 0 Å². The van der Waals surface area contributed by atoms with Crippen LogP contribution in [0.25, 0.3) is 0 Å². The summed E-state index contributed by atoms with van der Waals surface area (Å²) in [6, 6.07) is 6.97. The van der Waals surface area contributed by atoms with Crippen molar-refractivity contribution in [3.05, 3.63) is 29.3 Å². The average Bonchev–Trinajstić information content (AvgIpc) is 2.26. The van der Waals surface area contributed by atoms with Gasteiger partial charge in [-0.3, -0.25) is 0 Å². The molecule has 0 saturated carbocycles. The molecule has 0 aliphatic heterocycles. The van der Waals surface area contributed by atoms with Crippen LogP contribution in [0.4, 0.5) is 0 Å². The molecule has 0 atom stereocenters. The van der Waals surface area contributed by atoms with Crippen molar-refractivity contribution in [2.45, 2.75) is 53.0 Å². The highest BCUT2D eigenvalue weighted by Gasteiger charge is 1.97. The number of hydrogen-bond acceptors (Lipinski definition) is 2. The van der Waals surface area contributed by atoms with Crippen molar-refractivity contribution in [1.29, 1.82) is 0 Å². The molecule has 102 valence electrons. The first kappa shape index (κ1) is 15.0. The second kappa shape index (κ2) is 8.15. The van der Waals surface area contributed by atoms with Gasteiger partial charge in [-0.2, -0.15) is 0 Å². The molecular weight excluding hydrogens is 222 g/mol. The smallest absolute Gasteiger partial charge is 0.119 e. The number of nitrogens with one attached hydrogen (secondary N) is 1. The lowest BCUT2D eigenvalue weighted by Crippen LogP contribution is -2.23. The second-order valence-corrected chi connectivity index (χ2v) is 5.34. The van der Waals surface area contributed by atoms with E-state index in [2.05, 4.69) is 51.2 Å². The van der Waals surface area contributed by atoms with Gasteiger partial charge in [0.15, 0.2) is 0 Å². The topological polar surface area (TPSA) is 21.3 Å². The molecule has 1 N–H and O–H groups in total. The highest BCUT2D eigenvalue weighted by Crippen LogP contribution is 2.16. The molecule has 0 unspecified atom stereocenters. The fourth-order valence-electron chi connectivity index (χ4n) is 2.00. The fraction of sp³-hybridized carbons (Fsp3) is 0.625. The van der Waals surface area contributed by atoms with Crippen molar-refractivity contribution in [3.63, 3.8) is 0 Å². The van der Waals surface area contributed by atoms with E-state index < -0.39 is 0 Å². The first-order chi connectivity index (χ1) is 8.58. The van der Waals surface area contributed by atoms with Gasteiger partial charge in [0.1, 0.15) is 5.75 Å². The fourth-order valence-corrected chi connectivity index (χ4v) is 2.00. The van der Waals surface area contributed by atoms with Gasteiger partial charge in [0.25, 0.3) is 0 Å². The molecule has 1 aromatic rings. The SMILES string of the molecule is Cc1cc(C)cc(OCCCCCNC(C)C)c1.